The van der Waals surface area contributed by atoms with Gasteiger partial charge in [-0.2, -0.15) is 0 Å². The topological polar surface area (TPSA) is 12.0 Å². The fraction of sp³-hybridized carbons (Fsp3) is 0.571. The van der Waals surface area contributed by atoms with Crippen LogP contribution in [-0.4, -0.2) is 11.9 Å². The number of hydrogen-bond acceptors (Lipinski definition) is 1. The molecule has 2 rings (SSSR count). The molecular weight excluding hydrogens is 237 g/mol. The van der Waals surface area contributed by atoms with Gasteiger partial charge in [0.05, 0.1) is 0 Å². The summed E-state index contributed by atoms with van der Waals surface area (Å²) >= 11 is 6.08. The third-order valence-electron chi connectivity index (χ3n) is 3.53. The molecule has 0 heterocycles. The molecule has 17 heavy (non-hydrogen) atoms. The van der Waals surface area contributed by atoms with Crippen LogP contribution in [0, 0.1) is 18.7 Å². The van der Waals surface area contributed by atoms with Crippen molar-refractivity contribution in [1.29, 1.82) is 0 Å². The molecule has 1 saturated carbocycles. The zero-order valence-corrected chi connectivity index (χ0v) is 10.9. The van der Waals surface area contributed by atoms with Gasteiger partial charge in [-0.3, -0.25) is 0 Å². The van der Waals surface area contributed by atoms with Crippen molar-refractivity contribution in [3.8, 4) is 0 Å². The van der Waals surface area contributed by atoms with Gasteiger partial charge in [0.1, 0.15) is 5.82 Å². The fourth-order valence-electron chi connectivity index (χ4n) is 2.47. The summed E-state index contributed by atoms with van der Waals surface area (Å²) in [6, 6.07) is 4.96. The molecule has 1 aliphatic rings. The van der Waals surface area contributed by atoms with Gasteiger partial charge in [-0.15, -0.1) is 11.6 Å². The second-order valence-electron chi connectivity index (χ2n) is 4.98. The molecule has 94 valence electrons. The molecule has 1 N–H and O–H groups in total. The number of hydrogen-bond donors (Lipinski definition) is 1. The predicted octanol–water partition coefficient (Wildman–Crippen LogP) is 3.63. The first-order chi connectivity index (χ1) is 8.15. The van der Waals surface area contributed by atoms with E-state index in [0.717, 1.165) is 31.5 Å². The van der Waals surface area contributed by atoms with E-state index in [1.54, 1.807) is 6.07 Å². The Morgan fingerprint density at radius 1 is 1.41 bits per heavy atom. The molecule has 1 nitrogen and oxygen atoms in total. The summed E-state index contributed by atoms with van der Waals surface area (Å²) in [6.07, 6.45) is 3.49. The minimum Gasteiger partial charge on any atom is -0.312 e. The zero-order valence-electron chi connectivity index (χ0n) is 10.2. The maximum absolute atomic E-state index is 12.9. The smallest absolute Gasteiger partial charge is 0.123 e. The van der Waals surface area contributed by atoms with E-state index in [2.05, 4.69) is 5.32 Å². The lowest BCUT2D eigenvalue weighted by molar-refractivity contribution is 0.489. The zero-order chi connectivity index (χ0) is 12.3. The van der Waals surface area contributed by atoms with E-state index in [4.69, 9.17) is 11.6 Å². The summed E-state index contributed by atoms with van der Waals surface area (Å²) < 4.78 is 12.9. The van der Waals surface area contributed by atoms with E-state index in [9.17, 15) is 4.39 Å². The first-order valence-electron chi connectivity index (χ1n) is 6.25. The molecule has 3 heteroatoms. The molecule has 0 aromatic heterocycles. The summed E-state index contributed by atoms with van der Waals surface area (Å²) in [5.41, 5.74) is 2.19. The van der Waals surface area contributed by atoms with Crippen molar-refractivity contribution in [2.24, 2.45) is 5.92 Å². The Morgan fingerprint density at radius 3 is 2.88 bits per heavy atom. The van der Waals surface area contributed by atoms with Gasteiger partial charge in [-0.25, -0.2) is 4.39 Å². The van der Waals surface area contributed by atoms with E-state index < -0.39 is 0 Å². The molecule has 2 unspecified atom stereocenters. The third-order valence-corrected chi connectivity index (χ3v) is 3.93. The Labute approximate surface area is 107 Å². The van der Waals surface area contributed by atoms with Gasteiger partial charge in [0.2, 0.25) is 0 Å². The van der Waals surface area contributed by atoms with Crippen LogP contribution in [0.5, 0.6) is 0 Å². The molecule has 0 bridgehead atoms. The van der Waals surface area contributed by atoms with Gasteiger partial charge in [0.15, 0.2) is 0 Å². The van der Waals surface area contributed by atoms with Crippen molar-refractivity contribution in [2.45, 2.75) is 38.1 Å². The van der Waals surface area contributed by atoms with Gasteiger partial charge >= 0.3 is 0 Å². The largest absolute Gasteiger partial charge is 0.312 e. The summed E-state index contributed by atoms with van der Waals surface area (Å²) in [6.45, 7) is 3.78. The van der Waals surface area contributed by atoms with Gasteiger partial charge < -0.3 is 5.32 Å². The monoisotopic (exact) mass is 255 g/mol. The molecule has 0 spiro atoms. The standard InChI is InChI=1S/C14H19ClFN/c1-10-6-14(16)5-3-12(10)9-17-8-11-2-4-13(15)7-11/h3,5-6,11,13,17H,2,4,7-9H2,1H3. The van der Waals surface area contributed by atoms with E-state index in [0.29, 0.717) is 11.3 Å². The molecule has 0 saturated heterocycles. The second-order valence-corrected chi connectivity index (χ2v) is 5.60. The third kappa shape index (κ3) is 3.68. The van der Waals surface area contributed by atoms with Gasteiger partial charge in [0, 0.05) is 11.9 Å². The minimum atomic E-state index is -0.160. The predicted molar refractivity (Wildman–Crippen MR) is 69.8 cm³/mol. The van der Waals surface area contributed by atoms with Crippen molar-refractivity contribution >= 4 is 11.6 Å². The Kier molecular flexibility index (Phi) is 4.41. The number of halogens is 2. The molecule has 1 fully saturated rings. The van der Waals surface area contributed by atoms with Crippen LogP contribution in [0.2, 0.25) is 0 Å². The van der Waals surface area contributed by atoms with Crippen LogP contribution in [0.25, 0.3) is 0 Å². The first-order valence-corrected chi connectivity index (χ1v) is 6.68. The average molecular weight is 256 g/mol. The summed E-state index contributed by atoms with van der Waals surface area (Å²) in [7, 11) is 0. The Hall–Kier alpha value is -0.600. The highest BCUT2D eigenvalue weighted by atomic mass is 35.5. The quantitative estimate of drug-likeness (QED) is 0.811. The van der Waals surface area contributed by atoms with E-state index in [-0.39, 0.29) is 5.82 Å². The van der Waals surface area contributed by atoms with E-state index in [1.807, 2.05) is 13.0 Å². The molecule has 0 radical (unpaired) electrons. The number of nitrogens with one attached hydrogen (secondary N) is 1. The van der Waals surface area contributed by atoms with E-state index in [1.165, 1.54) is 18.1 Å². The lowest BCUT2D eigenvalue weighted by Gasteiger charge is -2.12. The van der Waals surface area contributed by atoms with Crippen molar-refractivity contribution < 1.29 is 4.39 Å². The lowest BCUT2D eigenvalue weighted by atomic mass is 10.1. The Bertz CT molecular complexity index is 380. The van der Waals surface area contributed by atoms with Crippen LogP contribution >= 0.6 is 11.6 Å². The van der Waals surface area contributed by atoms with Crippen LogP contribution in [0.1, 0.15) is 30.4 Å². The van der Waals surface area contributed by atoms with Gasteiger partial charge in [-0.1, -0.05) is 6.07 Å². The number of rotatable bonds is 4. The van der Waals surface area contributed by atoms with Crippen molar-refractivity contribution in [2.75, 3.05) is 6.54 Å². The van der Waals surface area contributed by atoms with Gasteiger partial charge in [-0.05, 0) is 61.9 Å². The highest BCUT2D eigenvalue weighted by molar-refractivity contribution is 6.20. The maximum atomic E-state index is 12.9. The summed E-state index contributed by atoms with van der Waals surface area (Å²) in [5.74, 6) is 0.547. The fourth-order valence-corrected chi connectivity index (χ4v) is 2.85. The summed E-state index contributed by atoms with van der Waals surface area (Å²) in [5, 5.41) is 3.81. The van der Waals surface area contributed by atoms with E-state index >= 15 is 0 Å². The van der Waals surface area contributed by atoms with Gasteiger partial charge in [0.25, 0.3) is 0 Å². The molecule has 0 aliphatic heterocycles. The molecule has 1 aliphatic carbocycles. The Morgan fingerprint density at radius 2 is 2.24 bits per heavy atom. The highest BCUT2D eigenvalue weighted by Crippen LogP contribution is 2.28. The van der Waals surface area contributed by atoms with Crippen LogP contribution in [0.3, 0.4) is 0 Å². The number of benzene rings is 1. The average Bonchev–Trinajstić information content (AvgIpc) is 2.68. The Balaban J connectivity index is 1.78. The van der Waals surface area contributed by atoms with Crippen molar-refractivity contribution in [3.63, 3.8) is 0 Å². The molecular formula is C14H19ClFN. The number of alkyl halides is 1. The summed E-state index contributed by atoms with van der Waals surface area (Å²) in [4.78, 5) is 0. The lowest BCUT2D eigenvalue weighted by Crippen LogP contribution is -2.21. The van der Waals surface area contributed by atoms with Crippen molar-refractivity contribution in [3.05, 3.63) is 35.1 Å². The number of aryl methyl sites for hydroxylation is 1. The van der Waals surface area contributed by atoms with Crippen LogP contribution in [0.15, 0.2) is 18.2 Å². The highest BCUT2D eigenvalue weighted by Gasteiger charge is 2.22. The van der Waals surface area contributed by atoms with Crippen LogP contribution in [-0.2, 0) is 6.54 Å². The maximum Gasteiger partial charge on any atom is 0.123 e. The first kappa shape index (κ1) is 12.8. The van der Waals surface area contributed by atoms with Crippen molar-refractivity contribution in [1.82, 2.24) is 5.32 Å². The minimum absolute atomic E-state index is 0.160. The molecule has 0 amide bonds. The SMILES string of the molecule is Cc1cc(F)ccc1CNCC1CCC(Cl)C1. The molecule has 1 aromatic rings. The molecule has 2 atom stereocenters. The van der Waals surface area contributed by atoms with Crippen LogP contribution < -0.4 is 5.32 Å². The molecule has 1 aromatic carbocycles. The second kappa shape index (κ2) is 5.83. The van der Waals surface area contributed by atoms with Crippen LogP contribution in [0.4, 0.5) is 4.39 Å². The normalized spacial score (nSPS) is 24.2.